The summed E-state index contributed by atoms with van der Waals surface area (Å²) in [6.45, 7) is 4.37. The molecule has 0 radical (unpaired) electrons. The van der Waals surface area contributed by atoms with Crippen molar-refractivity contribution in [2.24, 2.45) is 0 Å². The van der Waals surface area contributed by atoms with Crippen LogP contribution in [0.15, 0.2) is 67.0 Å². The van der Waals surface area contributed by atoms with E-state index in [0.717, 1.165) is 39.5 Å². The summed E-state index contributed by atoms with van der Waals surface area (Å²) < 4.78 is 11.0. The van der Waals surface area contributed by atoms with Crippen LogP contribution in [0.2, 0.25) is 0 Å². The van der Waals surface area contributed by atoms with E-state index in [2.05, 4.69) is 20.2 Å². The summed E-state index contributed by atoms with van der Waals surface area (Å²) in [6, 6.07) is 17.5. The van der Waals surface area contributed by atoms with Gasteiger partial charge in [-0.05, 0) is 55.5 Å². The van der Waals surface area contributed by atoms with E-state index in [9.17, 15) is 4.79 Å². The van der Waals surface area contributed by atoms with Gasteiger partial charge in [0, 0.05) is 41.7 Å². The second kappa shape index (κ2) is 9.84. The molecular weight excluding hydrogens is 430 g/mol. The number of hydrogen-bond donors (Lipinski definition) is 1. The van der Waals surface area contributed by atoms with Gasteiger partial charge in [-0.1, -0.05) is 6.07 Å². The summed E-state index contributed by atoms with van der Waals surface area (Å²) in [5.41, 5.74) is 6.40. The topological polar surface area (TPSA) is 93.2 Å². The number of aryl methyl sites for hydroxylation is 1. The maximum absolute atomic E-state index is 12.3. The molecule has 1 aliphatic rings. The number of carbonyl (C=O) groups is 1. The summed E-state index contributed by atoms with van der Waals surface area (Å²) in [7, 11) is 0. The molecule has 0 aliphatic carbocycles. The van der Waals surface area contributed by atoms with Gasteiger partial charge in [-0.3, -0.25) is 19.9 Å². The van der Waals surface area contributed by atoms with Crippen LogP contribution in [-0.2, 0) is 9.53 Å². The Morgan fingerprint density at radius 3 is 2.68 bits per heavy atom. The van der Waals surface area contributed by atoms with Crippen LogP contribution < -0.4 is 4.74 Å². The van der Waals surface area contributed by atoms with Crippen molar-refractivity contribution in [3.8, 4) is 39.5 Å². The molecule has 34 heavy (non-hydrogen) atoms. The lowest BCUT2D eigenvalue weighted by atomic mass is 10.0. The Kier molecular flexibility index (Phi) is 6.31. The van der Waals surface area contributed by atoms with Gasteiger partial charge < -0.3 is 14.4 Å². The Labute approximate surface area is 197 Å². The van der Waals surface area contributed by atoms with Crippen molar-refractivity contribution in [2.45, 2.75) is 6.92 Å². The van der Waals surface area contributed by atoms with Crippen LogP contribution in [0.4, 0.5) is 0 Å². The van der Waals surface area contributed by atoms with Crippen LogP contribution in [0.5, 0.6) is 5.75 Å². The third-order valence-electron chi connectivity index (χ3n) is 5.73. The number of carbonyl (C=O) groups excluding carboxylic acids is 1. The van der Waals surface area contributed by atoms with Gasteiger partial charge in [-0.2, -0.15) is 5.10 Å². The summed E-state index contributed by atoms with van der Waals surface area (Å²) in [5.74, 6) is 0.614. The molecule has 8 nitrogen and oxygen atoms in total. The fraction of sp³-hybridized carbons (Fsp3) is 0.231. The van der Waals surface area contributed by atoms with Gasteiger partial charge in [-0.25, -0.2) is 0 Å². The maximum atomic E-state index is 12.3. The number of aromatic amines is 1. The van der Waals surface area contributed by atoms with E-state index in [1.807, 2.05) is 61.5 Å². The molecule has 3 aromatic heterocycles. The first kappa shape index (κ1) is 21.8. The average molecular weight is 456 g/mol. The smallest absolute Gasteiger partial charge is 0.260 e. The van der Waals surface area contributed by atoms with E-state index in [1.165, 1.54) is 0 Å². The molecule has 0 saturated carbocycles. The molecule has 0 bridgehead atoms. The summed E-state index contributed by atoms with van der Waals surface area (Å²) in [6.07, 6.45) is 3.58. The molecule has 5 rings (SSSR count). The van der Waals surface area contributed by atoms with Crippen LogP contribution >= 0.6 is 0 Å². The molecule has 1 N–H and O–H groups in total. The Morgan fingerprint density at radius 1 is 1.06 bits per heavy atom. The van der Waals surface area contributed by atoms with Gasteiger partial charge in [0.15, 0.2) is 6.61 Å². The molecule has 1 amide bonds. The first-order chi connectivity index (χ1) is 16.7. The van der Waals surface area contributed by atoms with E-state index in [0.29, 0.717) is 32.1 Å². The Bertz CT molecular complexity index is 1280. The van der Waals surface area contributed by atoms with Gasteiger partial charge in [0.1, 0.15) is 5.75 Å². The van der Waals surface area contributed by atoms with Crippen molar-refractivity contribution in [3.05, 3.63) is 72.7 Å². The van der Waals surface area contributed by atoms with Crippen LogP contribution in [0.25, 0.3) is 33.8 Å². The minimum Gasteiger partial charge on any atom is -0.484 e. The van der Waals surface area contributed by atoms with Gasteiger partial charge >= 0.3 is 0 Å². The number of ether oxygens (including phenoxy) is 2. The van der Waals surface area contributed by atoms with Crippen LogP contribution in [0.1, 0.15) is 5.69 Å². The lowest BCUT2D eigenvalue weighted by molar-refractivity contribution is -0.137. The minimum atomic E-state index is -0.0276. The molecule has 1 fully saturated rings. The Hall–Kier alpha value is -4.04. The fourth-order valence-corrected chi connectivity index (χ4v) is 3.91. The van der Waals surface area contributed by atoms with Crippen LogP contribution in [0, 0.1) is 6.92 Å². The van der Waals surface area contributed by atoms with Gasteiger partial charge in [-0.15, -0.1) is 0 Å². The number of benzene rings is 1. The molecule has 1 aromatic carbocycles. The second-order valence-electron chi connectivity index (χ2n) is 8.06. The SMILES string of the molecule is Cc1cccc(-c2cn[nH]c2-c2ccnc(-c3ccc(OCC(=O)N4CCOCC4)cc3)c2)n1. The van der Waals surface area contributed by atoms with E-state index in [1.54, 1.807) is 17.3 Å². The highest BCUT2D eigenvalue weighted by molar-refractivity contribution is 5.80. The highest BCUT2D eigenvalue weighted by Crippen LogP contribution is 2.31. The van der Waals surface area contributed by atoms with Crippen molar-refractivity contribution in [1.82, 2.24) is 25.1 Å². The van der Waals surface area contributed by atoms with Crippen molar-refractivity contribution >= 4 is 5.91 Å². The number of H-pyrrole nitrogens is 1. The second-order valence-corrected chi connectivity index (χ2v) is 8.06. The van der Waals surface area contributed by atoms with E-state index in [4.69, 9.17) is 9.47 Å². The third kappa shape index (κ3) is 4.82. The number of pyridine rings is 2. The zero-order valence-corrected chi connectivity index (χ0v) is 18.9. The van der Waals surface area contributed by atoms with Crippen molar-refractivity contribution in [3.63, 3.8) is 0 Å². The molecule has 1 saturated heterocycles. The highest BCUT2D eigenvalue weighted by Gasteiger charge is 2.17. The quantitative estimate of drug-likeness (QED) is 0.476. The Balaban J connectivity index is 1.31. The fourth-order valence-electron chi connectivity index (χ4n) is 3.91. The first-order valence-corrected chi connectivity index (χ1v) is 11.2. The molecular formula is C26H25N5O3. The molecule has 4 heterocycles. The zero-order chi connectivity index (χ0) is 23.3. The molecule has 0 unspecified atom stereocenters. The standard InChI is InChI=1S/C26H25N5O3/c1-18-3-2-4-23(29-18)22-16-28-30-26(22)20-9-10-27-24(15-20)19-5-7-21(8-6-19)34-17-25(32)31-11-13-33-14-12-31/h2-10,15-16H,11-14,17H2,1H3,(H,28,30). The first-order valence-electron chi connectivity index (χ1n) is 11.2. The minimum absolute atomic E-state index is 0.0165. The number of rotatable bonds is 6. The normalized spacial score (nSPS) is 13.6. The zero-order valence-electron chi connectivity index (χ0n) is 18.9. The summed E-state index contributed by atoms with van der Waals surface area (Å²) in [4.78, 5) is 23.2. The number of amides is 1. The molecule has 172 valence electrons. The van der Waals surface area contributed by atoms with Crippen molar-refractivity contribution in [2.75, 3.05) is 32.9 Å². The maximum Gasteiger partial charge on any atom is 0.260 e. The van der Waals surface area contributed by atoms with Gasteiger partial charge in [0.2, 0.25) is 0 Å². The van der Waals surface area contributed by atoms with Crippen molar-refractivity contribution in [1.29, 1.82) is 0 Å². The van der Waals surface area contributed by atoms with E-state index < -0.39 is 0 Å². The molecule has 1 aliphatic heterocycles. The van der Waals surface area contributed by atoms with Crippen LogP contribution in [-0.4, -0.2) is 63.9 Å². The summed E-state index contributed by atoms with van der Waals surface area (Å²) >= 11 is 0. The monoisotopic (exact) mass is 455 g/mol. The third-order valence-corrected chi connectivity index (χ3v) is 5.73. The average Bonchev–Trinajstić information content (AvgIpc) is 3.38. The predicted octanol–water partition coefficient (Wildman–Crippen LogP) is 3.75. The number of nitrogens with one attached hydrogen (secondary N) is 1. The number of hydrogen-bond acceptors (Lipinski definition) is 6. The molecule has 0 spiro atoms. The number of morpholine rings is 1. The Morgan fingerprint density at radius 2 is 1.88 bits per heavy atom. The van der Waals surface area contributed by atoms with Gasteiger partial charge in [0.05, 0.1) is 36.5 Å². The number of nitrogens with zero attached hydrogens (tertiary/aromatic N) is 4. The van der Waals surface area contributed by atoms with Crippen LogP contribution in [0.3, 0.4) is 0 Å². The predicted molar refractivity (Wildman–Crippen MR) is 128 cm³/mol. The van der Waals surface area contributed by atoms with E-state index >= 15 is 0 Å². The lowest BCUT2D eigenvalue weighted by Gasteiger charge is -2.26. The molecule has 8 heteroatoms. The largest absolute Gasteiger partial charge is 0.484 e. The highest BCUT2D eigenvalue weighted by atomic mass is 16.5. The lowest BCUT2D eigenvalue weighted by Crippen LogP contribution is -2.42. The summed E-state index contributed by atoms with van der Waals surface area (Å²) in [5, 5.41) is 7.35. The van der Waals surface area contributed by atoms with E-state index in [-0.39, 0.29) is 12.5 Å². The number of aromatic nitrogens is 4. The molecule has 4 aromatic rings. The van der Waals surface area contributed by atoms with Gasteiger partial charge in [0.25, 0.3) is 5.91 Å². The molecule has 0 atom stereocenters. The van der Waals surface area contributed by atoms with Crippen molar-refractivity contribution < 1.29 is 14.3 Å².